The molecule has 0 unspecified atom stereocenters. The van der Waals surface area contributed by atoms with Gasteiger partial charge in [0.2, 0.25) is 0 Å². The Labute approximate surface area is 154 Å². The number of nitrogens with one attached hydrogen (secondary N) is 2. The van der Waals surface area contributed by atoms with Gasteiger partial charge >= 0.3 is 6.03 Å². The number of aryl methyl sites for hydroxylation is 2. The molecule has 6 heteroatoms. The molecule has 6 nitrogen and oxygen atoms in total. The van der Waals surface area contributed by atoms with Crippen molar-refractivity contribution >= 4 is 6.03 Å². The number of carbonyl (C=O) groups is 1. The van der Waals surface area contributed by atoms with Crippen LogP contribution in [0.1, 0.15) is 49.1 Å². The molecule has 0 fully saturated rings. The van der Waals surface area contributed by atoms with Crippen molar-refractivity contribution in [3.8, 4) is 5.82 Å². The lowest BCUT2D eigenvalue weighted by molar-refractivity contribution is 0.240. The molecular formula is C20H27N5O. The molecule has 2 aromatic rings. The highest BCUT2D eigenvalue weighted by Gasteiger charge is 2.07. The van der Waals surface area contributed by atoms with Crippen molar-refractivity contribution in [3.63, 3.8) is 0 Å². The van der Waals surface area contributed by atoms with Gasteiger partial charge in [-0.25, -0.2) is 14.5 Å². The van der Waals surface area contributed by atoms with Gasteiger partial charge in [-0.2, -0.15) is 5.10 Å². The van der Waals surface area contributed by atoms with E-state index in [9.17, 15) is 4.79 Å². The van der Waals surface area contributed by atoms with E-state index in [-0.39, 0.29) is 6.03 Å². The SMILES string of the molecule is Cc1cc(C)n(-c2ccc(CNC(=O)NCCC3=CCCCC3)cn2)n1. The summed E-state index contributed by atoms with van der Waals surface area (Å²) in [6.07, 6.45) is 9.98. The molecule has 138 valence electrons. The first kappa shape index (κ1) is 18.2. The first-order valence-electron chi connectivity index (χ1n) is 9.30. The molecular weight excluding hydrogens is 326 g/mol. The second-order valence-electron chi connectivity index (χ2n) is 6.83. The number of aromatic nitrogens is 3. The Morgan fingerprint density at radius 1 is 1.23 bits per heavy atom. The van der Waals surface area contributed by atoms with Gasteiger partial charge in [-0.1, -0.05) is 17.7 Å². The fraction of sp³-hybridized carbons (Fsp3) is 0.450. The number of urea groups is 1. The number of rotatable bonds is 6. The number of nitrogens with zero attached hydrogens (tertiary/aromatic N) is 3. The predicted octanol–water partition coefficient (Wildman–Crippen LogP) is 3.57. The summed E-state index contributed by atoms with van der Waals surface area (Å²) < 4.78 is 1.82. The number of hydrogen-bond donors (Lipinski definition) is 2. The monoisotopic (exact) mass is 353 g/mol. The topological polar surface area (TPSA) is 71.8 Å². The standard InChI is InChI=1S/C20H27N5O/c1-15-12-16(2)25(24-15)19-9-8-18(13-22-19)14-23-20(26)21-11-10-17-6-4-3-5-7-17/h6,8-9,12-13H,3-5,7,10-11,14H2,1-2H3,(H2,21,23,26). The molecule has 1 aliphatic rings. The van der Waals surface area contributed by atoms with Gasteiger partial charge < -0.3 is 10.6 Å². The number of pyridine rings is 1. The third-order valence-electron chi connectivity index (χ3n) is 4.61. The van der Waals surface area contributed by atoms with E-state index >= 15 is 0 Å². The van der Waals surface area contributed by atoms with Crippen LogP contribution in [0.25, 0.3) is 5.82 Å². The number of amides is 2. The fourth-order valence-corrected chi connectivity index (χ4v) is 3.22. The maximum absolute atomic E-state index is 11.9. The smallest absolute Gasteiger partial charge is 0.315 e. The number of carbonyl (C=O) groups excluding carboxylic acids is 1. The summed E-state index contributed by atoms with van der Waals surface area (Å²) in [5, 5.41) is 10.2. The van der Waals surface area contributed by atoms with E-state index in [0.717, 1.165) is 29.2 Å². The molecule has 0 bridgehead atoms. The quantitative estimate of drug-likeness (QED) is 0.780. The highest BCUT2D eigenvalue weighted by molar-refractivity contribution is 5.73. The highest BCUT2D eigenvalue weighted by Crippen LogP contribution is 2.19. The zero-order valence-electron chi connectivity index (χ0n) is 15.6. The molecule has 1 aliphatic carbocycles. The predicted molar refractivity (Wildman–Crippen MR) is 102 cm³/mol. The van der Waals surface area contributed by atoms with Gasteiger partial charge in [-0.05, 0) is 63.6 Å². The summed E-state index contributed by atoms with van der Waals surface area (Å²) in [7, 11) is 0. The van der Waals surface area contributed by atoms with Crippen molar-refractivity contribution in [2.24, 2.45) is 0 Å². The van der Waals surface area contributed by atoms with Crippen LogP contribution in [0.3, 0.4) is 0 Å². The van der Waals surface area contributed by atoms with Crippen molar-refractivity contribution in [1.82, 2.24) is 25.4 Å². The molecule has 0 aromatic carbocycles. The van der Waals surface area contributed by atoms with Gasteiger partial charge in [0.15, 0.2) is 5.82 Å². The lowest BCUT2D eigenvalue weighted by Crippen LogP contribution is -2.35. The first-order chi connectivity index (χ1) is 12.6. The second-order valence-corrected chi connectivity index (χ2v) is 6.83. The van der Waals surface area contributed by atoms with Crippen molar-refractivity contribution in [2.75, 3.05) is 6.54 Å². The molecule has 26 heavy (non-hydrogen) atoms. The summed E-state index contributed by atoms with van der Waals surface area (Å²) in [5.74, 6) is 0.782. The molecule has 0 saturated heterocycles. The van der Waals surface area contributed by atoms with E-state index < -0.39 is 0 Å². The summed E-state index contributed by atoms with van der Waals surface area (Å²) >= 11 is 0. The number of hydrogen-bond acceptors (Lipinski definition) is 3. The van der Waals surface area contributed by atoms with E-state index in [0.29, 0.717) is 13.1 Å². The highest BCUT2D eigenvalue weighted by atomic mass is 16.2. The molecule has 2 amide bonds. The van der Waals surface area contributed by atoms with Crippen molar-refractivity contribution in [1.29, 1.82) is 0 Å². The molecule has 0 spiro atoms. The van der Waals surface area contributed by atoms with Crippen LogP contribution in [0, 0.1) is 13.8 Å². The van der Waals surface area contributed by atoms with Crippen molar-refractivity contribution < 1.29 is 4.79 Å². The summed E-state index contributed by atoms with van der Waals surface area (Å²) in [6, 6.07) is 5.77. The Kier molecular flexibility index (Phi) is 6.04. The van der Waals surface area contributed by atoms with E-state index in [2.05, 4.69) is 26.8 Å². The van der Waals surface area contributed by atoms with Gasteiger partial charge in [0.25, 0.3) is 0 Å². The summed E-state index contributed by atoms with van der Waals surface area (Å²) in [4.78, 5) is 16.4. The summed E-state index contributed by atoms with van der Waals surface area (Å²) in [5.41, 5.74) is 4.45. The van der Waals surface area contributed by atoms with Crippen LogP contribution >= 0.6 is 0 Å². The largest absolute Gasteiger partial charge is 0.338 e. The van der Waals surface area contributed by atoms with Crippen LogP contribution in [0.15, 0.2) is 36.0 Å². The van der Waals surface area contributed by atoms with E-state index in [1.165, 1.54) is 31.3 Å². The van der Waals surface area contributed by atoms with Crippen LogP contribution in [0.2, 0.25) is 0 Å². The van der Waals surface area contributed by atoms with E-state index in [1.54, 1.807) is 6.20 Å². The zero-order chi connectivity index (χ0) is 18.4. The molecule has 2 N–H and O–H groups in total. The lowest BCUT2D eigenvalue weighted by Gasteiger charge is -2.13. The van der Waals surface area contributed by atoms with Crippen LogP contribution in [-0.4, -0.2) is 27.3 Å². The molecule has 0 atom stereocenters. The molecule has 3 rings (SSSR count). The van der Waals surface area contributed by atoms with Crippen LogP contribution in [0.4, 0.5) is 4.79 Å². The Morgan fingerprint density at radius 3 is 2.77 bits per heavy atom. The lowest BCUT2D eigenvalue weighted by atomic mass is 9.97. The van der Waals surface area contributed by atoms with Gasteiger partial charge in [0, 0.05) is 25.0 Å². The van der Waals surface area contributed by atoms with Gasteiger partial charge in [0.1, 0.15) is 0 Å². The van der Waals surface area contributed by atoms with Crippen LogP contribution < -0.4 is 10.6 Å². The molecule has 0 aliphatic heterocycles. The third-order valence-corrected chi connectivity index (χ3v) is 4.61. The maximum Gasteiger partial charge on any atom is 0.315 e. The number of allylic oxidation sites excluding steroid dienone is 1. The minimum atomic E-state index is -0.135. The van der Waals surface area contributed by atoms with Crippen LogP contribution in [-0.2, 0) is 6.54 Å². The van der Waals surface area contributed by atoms with Gasteiger partial charge in [-0.3, -0.25) is 0 Å². The Hall–Kier alpha value is -2.63. The third kappa shape index (κ3) is 4.94. The van der Waals surface area contributed by atoms with Gasteiger partial charge in [0.05, 0.1) is 5.69 Å². The van der Waals surface area contributed by atoms with Crippen molar-refractivity contribution in [3.05, 3.63) is 53.0 Å². The minimum absolute atomic E-state index is 0.135. The Balaban J connectivity index is 1.43. The average Bonchev–Trinajstić information content (AvgIpc) is 2.99. The Morgan fingerprint density at radius 2 is 2.12 bits per heavy atom. The van der Waals surface area contributed by atoms with Gasteiger partial charge in [-0.15, -0.1) is 0 Å². The average molecular weight is 353 g/mol. The summed E-state index contributed by atoms with van der Waals surface area (Å²) in [6.45, 7) is 5.11. The normalized spacial score (nSPS) is 14.0. The zero-order valence-corrected chi connectivity index (χ0v) is 15.6. The second kappa shape index (κ2) is 8.65. The maximum atomic E-state index is 11.9. The Bertz CT molecular complexity index is 776. The van der Waals surface area contributed by atoms with Crippen molar-refractivity contribution in [2.45, 2.75) is 52.5 Å². The molecule has 0 saturated carbocycles. The fourth-order valence-electron chi connectivity index (χ4n) is 3.22. The minimum Gasteiger partial charge on any atom is -0.338 e. The molecule has 2 heterocycles. The molecule has 2 aromatic heterocycles. The molecule has 0 radical (unpaired) electrons. The van der Waals surface area contributed by atoms with E-state index in [1.807, 2.05) is 36.7 Å². The van der Waals surface area contributed by atoms with E-state index in [4.69, 9.17) is 0 Å². The first-order valence-corrected chi connectivity index (χ1v) is 9.30. The van der Waals surface area contributed by atoms with Crippen LogP contribution in [0.5, 0.6) is 0 Å².